The third kappa shape index (κ3) is 2.29. The molecule has 74 valence electrons. The highest BCUT2D eigenvalue weighted by Crippen LogP contribution is 2.12. The van der Waals surface area contributed by atoms with E-state index in [4.69, 9.17) is 10.2 Å². The molecular formula is C9H6F2O3. The van der Waals surface area contributed by atoms with Crippen molar-refractivity contribution in [3.63, 3.8) is 0 Å². The molecule has 0 aliphatic rings. The Morgan fingerprint density at radius 3 is 2.43 bits per heavy atom. The Labute approximate surface area is 77.9 Å². The highest BCUT2D eigenvalue weighted by molar-refractivity contribution is 5.89. The summed E-state index contributed by atoms with van der Waals surface area (Å²) in [7, 11) is 0. The van der Waals surface area contributed by atoms with Crippen molar-refractivity contribution in [2.45, 2.75) is 0 Å². The SMILES string of the molecule is O=C(O)C(O)=Cc1ccc(F)cc1F. The van der Waals surface area contributed by atoms with E-state index in [0.717, 1.165) is 12.1 Å². The normalized spacial score (nSPS) is 11.4. The molecule has 0 bridgehead atoms. The molecule has 0 amide bonds. The number of carboxylic acids is 1. The zero-order valence-electron chi connectivity index (χ0n) is 6.87. The molecule has 1 rings (SSSR count). The average molecular weight is 200 g/mol. The fourth-order valence-corrected chi connectivity index (χ4v) is 0.828. The third-order valence-corrected chi connectivity index (χ3v) is 1.47. The van der Waals surface area contributed by atoms with E-state index in [-0.39, 0.29) is 5.56 Å². The molecule has 3 nitrogen and oxygen atoms in total. The molecule has 0 heterocycles. The molecule has 0 aliphatic carbocycles. The number of aliphatic hydroxyl groups is 1. The molecule has 0 saturated carbocycles. The van der Waals surface area contributed by atoms with Gasteiger partial charge in [-0.15, -0.1) is 0 Å². The van der Waals surface area contributed by atoms with E-state index in [1.54, 1.807) is 0 Å². The van der Waals surface area contributed by atoms with E-state index in [0.29, 0.717) is 12.1 Å². The quantitative estimate of drug-likeness (QED) is 0.566. The van der Waals surface area contributed by atoms with Crippen molar-refractivity contribution in [2.24, 2.45) is 0 Å². The molecule has 0 atom stereocenters. The van der Waals surface area contributed by atoms with Gasteiger partial charge in [0, 0.05) is 11.6 Å². The zero-order chi connectivity index (χ0) is 10.7. The lowest BCUT2D eigenvalue weighted by molar-refractivity contribution is -0.135. The summed E-state index contributed by atoms with van der Waals surface area (Å²) in [6, 6.07) is 2.59. The summed E-state index contributed by atoms with van der Waals surface area (Å²) in [6.45, 7) is 0. The Balaban J connectivity index is 3.09. The van der Waals surface area contributed by atoms with Crippen LogP contribution in [-0.2, 0) is 4.79 Å². The minimum absolute atomic E-state index is 0.189. The molecule has 0 fully saturated rings. The van der Waals surface area contributed by atoms with Crippen LogP contribution >= 0.6 is 0 Å². The molecular weight excluding hydrogens is 194 g/mol. The van der Waals surface area contributed by atoms with Crippen molar-refractivity contribution in [3.8, 4) is 0 Å². The number of rotatable bonds is 2. The van der Waals surface area contributed by atoms with Crippen LogP contribution in [0.25, 0.3) is 6.08 Å². The predicted molar refractivity (Wildman–Crippen MR) is 44.6 cm³/mol. The number of carbonyl (C=O) groups is 1. The van der Waals surface area contributed by atoms with Crippen molar-refractivity contribution in [2.75, 3.05) is 0 Å². The lowest BCUT2D eigenvalue weighted by Gasteiger charge is -1.97. The van der Waals surface area contributed by atoms with Crippen LogP contribution in [0.1, 0.15) is 5.56 Å². The van der Waals surface area contributed by atoms with Crippen molar-refractivity contribution in [1.29, 1.82) is 0 Å². The summed E-state index contributed by atoms with van der Waals surface area (Å²) >= 11 is 0. The van der Waals surface area contributed by atoms with Gasteiger partial charge in [0.05, 0.1) is 0 Å². The number of benzene rings is 1. The number of halogens is 2. The lowest BCUT2D eigenvalue weighted by atomic mass is 10.2. The van der Waals surface area contributed by atoms with Crippen LogP contribution < -0.4 is 0 Å². The summed E-state index contributed by atoms with van der Waals surface area (Å²) in [5.41, 5.74) is -0.189. The molecule has 1 aromatic carbocycles. The standard InChI is InChI=1S/C9H6F2O3/c10-6-2-1-5(7(11)4-6)3-8(12)9(13)14/h1-4,12H,(H,13,14). The minimum atomic E-state index is -1.58. The first-order valence-electron chi connectivity index (χ1n) is 3.59. The maximum atomic E-state index is 12.9. The molecule has 2 N–H and O–H groups in total. The maximum absolute atomic E-state index is 12.9. The van der Waals surface area contributed by atoms with Gasteiger partial charge in [-0.25, -0.2) is 13.6 Å². The van der Waals surface area contributed by atoms with E-state index in [1.165, 1.54) is 0 Å². The number of hydrogen-bond acceptors (Lipinski definition) is 2. The molecule has 14 heavy (non-hydrogen) atoms. The van der Waals surface area contributed by atoms with Gasteiger partial charge < -0.3 is 10.2 Å². The molecule has 0 radical (unpaired) electrons. The van der Waals surface area contributed by atoms with E-state index >= 15 is 0 Å². The van der Waals surface area contributed by atoms with Crippen LogP contribution in [0.15, 0.2) is 24.0 Å². The van der Waals surface area contributed by atoms with Crippen molar-refractivity contribution < 1.29 is 23.8 Å². The zero-order valence-corrected chi connectivity index (χ0v) is 6.87. The molecule has 5 heteroatoms. The first kappa shape index (κ1) is 10.2. The van der Waals surface area contributed by atoms with Gasteiger partial charge in [0.1, 0.15) is 11.6 Å². The van der Waals surface area contributed by atoms with Crippen molar-refractivity contribution in [3.05, 3.63) is 41.2 Å². The van der Waals surface area contributed by atoms with Gasteiger partial charge >= 0.3 is 5.97 Å². The van der Waals surface area contributed by atoms with Crippen LogP contribution in [0.2, 0.25) is 0 Å². The molecule has 0 aliphatic heterocycles. The van der Waals surface area contributed by atoms with E-state index in [1.807, 2.05) is 0 Å². The number of hydrogen-bond donors (Lipinski definition) is 2. The molecule has 0 aromatic heterocycles. The van der Waals surface area contributed by atoms with Crippen LogP contribution in [0.5, 0.6) is 0 Å². The molecule has 0 unspecified atom stereocenters. The average Bonchev–Trinajstić information content (AvgIpc) is 2.09. The second-order valence-corrected chi connectivity index (χ2v) is 2.50. The van der Waals surface area contributed by atoms with E-state index in [9.17, 15) is 13.6 Å². The Morgan fingerprint density at radius 1 is 1.29 bits per heavy atom. The Bertz CT molecular complexity index is 399. The topological polar surface area (TPSA) is 57.5 Å². The fourth-order valence-electron chi connectivity index (χ4n) is 0.828. The number of aliphatic hydroxyl groups excluding tert-OH is 1. The molecule has 0 spiro atoms. The molecule has 1 aromatic rings. The largest absolute Gasteiger partial charge is 0.502 e. The summed E-state index contributed by atoms with van der Waals surface area (Å²) in [6.07, 6.45) is 0.705. The van der Waals surface area contributed by atoms with Crippen LogP contribution in [0, 0.1) is 11.6 Å². The number of aliphatic carboxylic acids is 1. The van der Waals surface area contributed by atoms with Gasteiger partial charge in [-0.05, 0) is 18.2 Å². The highest BCUT2D eigenvalue weighted by Gasteiger charge is 2.07. The van der Waals surface area contributed by atoms with Gasteiger partial charge in [-0.2, -0.15) is 0 Å². The fraction of sp³-hybridized carbons (Fsp3) is 0. The van der Waals surface area contributed by atoms with Crippen LogP contribution in [0.4, 0.5) is 8.78 Å². The summed E-state index contributed by atoms with van der Waals surface area (Å²) in [5, 5.41) is 17.0. The highest BCUT2D eigenvalue weighted by atomic mass is 19.1. The summed E-state index contributed by atoms with van der Waals surface area (Å²) in [5.74, 6) is -4.28. The minimum Gasteiger partial charge on any atom is -0.502 e. The maximum Gasteiger partial charge on any atom is 0.370 e. The van der Waals surface area contributed by atoms with Crippen molar-refractivity contribution >= 4 is 12.0 Å². The van der Waals surface area contributed by atoms with Gasteiger partial charge in [-0.1, -0.05) is 0 Å². The Morgan fingerprint density at radius 2 is 1.93 bits per heavy atom. The van der Waals surface area contributed by atoms with Gasteiger partial charge in [0.2, 0.25) is 5.76 Å². The summed E-state index contributed by atoms with van der Waals surface area (Å²) in [4.78, 5) is 10.2. The Kier molecular flexibility index (Phi) is 2.81. The second-order valence-electron chi connectivity index (χ2n) is 2.50. The third-order valence-electron chi connectivity index (χ3n) is 1.47. The first-order valence-corrected chi connectivity index (χ1v) is 3.59. The molecule has 0 saturated heterocycles. The van der Waals surface area contributed by atoms with Gasteiger partial charge in [0.25, 0.3) is 0 Å². The van der Waals surface area contributed by atoms with E-state index in [2.05, 4.69) is 0 Å². The predicted octanol–water partition coefficient (Wildman–Crippen LogP) is 1.95. The van der Waals surface area contributed by atoms with E-state index < -0.39 is 23.4 Å². The van der Waals surface area contributed by atoms with Crippen LogP contribution in [0.3, 0.4) is 0 Å². The van der Waals surface area contributed by atoms with Gasteiger partial charge in [-0.3, -0.25) is 0 Å². The Hall–Kier alpha value is -1.91. The summed E-state index contributed by atoms with van der Waals surface area (Å²) < 4.78 is 25.3. The second kappa shape index (κ2) is 3.87. The smallest absolute Gasteiger partial charge is 0.370 e. The first-order chi connectivity index (χ1) is 6.50. The van der Waals surface area contributed by atoms with Crippen LogP contribution in [-0.4, -0.2) is 16.2 Å². The lowest BCUT2D eigenvalue weighted by Crippen LogP contribution is -1.99. The van der Waals surface area contributed by atoms with Gasteiger partial charge in [0.15, 0.2) is 0 Å². The van der Waals surface area contributed by atoms with Crippen molar-refractivity contribution in [1.82, 2.24) is 0 Å². The monoisotopic (exact) mass is 200 g/mol. The number of carboxylic acid groups (broad SMARTS) is 1.